The topological polar surface area (TPSA) is 29.5 Å². The second-order valence-corrected chi connectivity index (χ2v) is 7.53. The Balaban J connectivity index is 1.56. The third kappa shape index (κ3) is 3.83. The Labute approximate surface area is 156 Å². The number of benzene rings is 2. The van der Waals surface area contributed by atoms with Crippen LogP contribution in [0.25, 0.3) is 0 Å². The Morgan fingerprint density at radius 2 is 1.88 bits per heavy atom. The molecule has 3 nitrogen and oxygen atoms in total. The lowest BCUT2D eigenvalue weighted by Gasteiger charge is -2.38. The SMILES string of the molecule is O=C(C[C@@H]1CCCOC1)N1CCc2ccccc2[C@H]1Cc1ccccc1. The van der Waals surface area contributed by atoms with E-state index in [1.807, 2.05) is 6.07 Å². The van der Waals surface area contributed by atoms with Crippen LogP contribution in [0.5, 0.6) is 0 Å². The largest absolute Gasteiger partial charge is 0.381 e. The first-order valence-electron chi connectivity index (χ1n) is 9.80. The van der Waals surface area contributed by atoms with Gasteiger partial charge >= 0.3 is 0 Å². The van der Waals surface area contributed by atoms with Crippen LogP contribution in [0.2, 0.25) is 0 Å². The Morgan fingerprint density at radius 1 is 1.08 bits per heavy atom. The number of nitrogens with zero attached hydrogens (tertiary/aromatic N) is 1. The summed E-state index contributed by atoms with van der Waals surface area (Å²) in [6, 6.07) is 19.3. The van der Waals surface area contributed by atoms with Gasteiger partial charge in [-0.15, -0.1) is 0 Å². The van der Waals surface area contributed by atoms with E-state index in [4.69, 9.17) is 4.74 Å². The third-order valence-electron chi connectivity index (χ3n) is 5.72. The predicted molar refractivity (Wildman–Crippen MR) is 103 cm³/mol. The van der Waals surface area contributed by atoms with Crippen molar-refractivity contribution in [3.05, 3.63) is 71.3 Å². The van der Waals surface area contributed by atoms with Crippen LogP contribution in [0.1, 0.15) is 42.0 Å². The van der Waals surface area contributed by atoms with E-state index in [0.29, 0.717) is 12.3 Å². The summed E-state index contributed by atoms with van der Waals surface area (Å²) in [5, 5.41) is 0. The van der Waals surface area contributed by atoms with Gasteiger partial charge in [-0.3, -0.25) is 4.79 Å². The lowest BCUT2D eigenvalue weighted by molar-refractivity contribution is -0.136. The number of carbonyl (C=O) groups is 1. The van der Waals surface area contributed by atoms with Gasteiger partial charge < -0.3 is 9.64 Å². The van der Waals surface area contributed by atoms with Gasteiger partial charge in [-0.1, -0.05) is 54.6 Å². The molecule has 1 fully saturated rings. The fourth-order valence-corrected chi connectivity index (χ4v) is 4.34. The molecule has 2 aromatic rings. The normalized spacial score (nSPS) is 22.7. The van der Waals surface area contributed by atoms with Gasteiger partial charge in [-0.05, 0) is 48.3 Å². The number of hydrogen-bond acceptors (Lipinski definition) is 2. The summed E-state index contributed by atoms with van der Waals surface area (Å²) < 4.78 is 5.58. The number of ether oxygens (including phenoxy) is 1. The molecule has 1 amide bonds. The molecule has 2 aliphatic heterocycles. The number of fused-ring (bicyclic) bond motifs is 1. The molecule has 0 aromatic heterocycles. The maximum absolute atomic E-state index is 13.1. The van der Waals surface area contributed by atoms with E-state index in [-0.39, 0.29) is 11.9 Å². The molecule has 4 rings (SSSR count). The van der Waals surface area contributed by atoms with Gasteiger partial charge in [0, 0.05) is 26.2 Å². The van der Waals surface area contributed by atoms with Crippen LogP contribution in [-0.2, 0) is 22.4 Å². The Morgan fingerprint density at radius 3 is 2.69 bits per heavy atom. The van der Waals surface area contributed by atoms with Crippen LogP contribution in [0.3, 0.4) is 0 Å². The van der Waals surface area contributed by atoms with Crippen LogP contribution in [0, 0.1) is 5.92 Å². The zero-order valence-electron chi connectivity index (χ0n) is 15.3. The molecule has 0 spiro atoms. The number of rotatable bonds is 4. The average molecular weight is 349 g/mol. The minimum atomic E-state index is 0.138. The summed E-state index contributed by atoms with van der Waals surface area (Å²) in [7, 11) is 0. The fourth-order valence-electron chi connectivity index (χ4n) is 4.34. The summed E-state index contributed by atoms with van der Waals surface area (Å²) in [6.07, 6.45) is 4.64. The first-order valence-corrected chi connectivity index (χ1v) is 9.80. The summed E-state index contributed by atoms with van der Waals surface area (Å²) in [4.78, 5) is 15.3. The van der Waals surface area contributed by atoms with Crippen molar-refractivity contribution in [2.24, 2.45) is 5.92 Å². The maximum atomic E-state index is 13.1. The van der Waals surface area contributed by atoms with Crippen molar-refractivity contribution in [2.45, 2.75) is 38.1 Å². The van der Waals surface area contributed by atoms with Crippen molar-refractivity contribution in [2.75, 3.05) is 19.8 Å². The molecular weight excluding hydrogens is 322 g/mol. The molecule has 26 heavy (non-hydrogen) atoms. The van der Waals surface area contributed by atoms with Crippen molar-refractivity contribution in [3.8, 4) is 0 Å². The maximum Gasteiger partial charge on any atom is 0.223 e. The van der Waals surface area contributed by atoms with Crippen molar-refractivity contribution < 1.29 is 9.53 Å². The Hall–Kier alpha value is -2.13. The minimum absolute atomic E-state index is 0.138. The predicted octanol–water partition coefficient (Wildman–Crippen LogP) is 4.17. The molecule has 0 saturated carbocycles. The molecule has 2 atom stereocenters. The fraction of sp³-hybridized carbons (Fsp3) is 0.435. The van der Waals surface area contributed by atoms with Crippen LogP contribution < -0.4 is 0 Å². The molecule has 0 bridgehead atoms. The molecule has 2 aliphatic rings. The Kier molecular flexibility index (Phi) is 5.35. The van der Waals surface area contributed by atoms with Gasteiger partial charge in [0.1, 0.15) is 0 Å². The van der Waals surface area contributed by atoms with Gasteiger partial charge in [-0.2, -0.15) is 0 Å². The lowest BCUT2D eigenvalue weighted by Crippen LogP contribution is -2.42. The first-order chi connectivity index (χ1) is 12.8. The molecule has 0 aliphatic carbocycles. The molecule has 2 aromatic carbocycles. The number of amides is 1. The lowest BCUT2D eigenvalue weighted by atomic mass is 9.87. The molecule has 136 valence electrons. The monoisotopic (exact) mass is 349 g/mol. The zero-order valence-corrected chi connectivity index (χ0v) is 15.3. The van der Waals surface area contributed by atoms with Gasteiger partial charge in [-0.25, -0.2) is 0 Å². The molecule has 3 heteroatoms. The van der Waals surface area contributed by atoms with Gasteiger partial charge in [0.2, 0.25) is 5.91 Å². The molecule has 0 radical (unpaired) electrons. The van der Waals surface area contributed by atoms with E-state index in [1.165, 1.54) is 16.7 Å². The second kappa shape index (κ2) is 8.05. The molecular formula is C23H27NO2. The smallest absolute Gasteiger partial charge is 0.223 e. The highest BCUT2D eigenvalue weighted by Gasteiger charge is 2.32. The second-order valence-electron chi connectivity index (χ2n) is 7.53. The summed E-state index contributed by atoms with van der Waals surface area (Å²) in [5.74, 6) is 0.668. The van der Waals surface area contributed by atoms with E-state index >= 15 is 0 Å². The van der Waals surface area contributed by atoms with Crippen molar-refractivity contribution >= 4 is 5.91 Å². The van der Waals surface area contributed by atoms with Gasteiger partial charge in [0.05, 0.1) is 6.04 Å². The van der Waals surface area contributed by atoms with Gasteiger partial charge in [0.25, 0.3) is 0 Å². The zero-order chi connectivity index (χ0) is 17.8. The highest BCUT2D eigenvalue weighted by Crippen LogP contribution is 2.33. The van der Waals surface area contributed by atoms with Crippen LogP contribution >= 0.6 is 0 Å². The van der Waals surface area contributed by atoms with Gasteiger partial charge in [0.15, 0.2) is 0 Å². The van der Waals surface area contributed by atoms with E-state index in [2.05, 4.69) is 53.4 Å². The van der Waals surface area contributed by atoms with Crippen molar-refractivity contribution in [1.82, 2.24) is 4.90 Å². The van der Waals surface area contributed by atoms with E-state index in [9.17, 15) is 4.79 Å². The van der Waals surface area contributed by atoms with Crippen molar-refractivity contribution in [1.29, 1.82) is 0 Å². The van der Waals surface area contributed by atoms with E-state index in [0.717, 1.165) is 45.4 Å². The van der Waals surface area contributed by atoms with Crippen LogP contribution in [-0.4, -0.2) is 30.6 Å². The molecule has 0 unspecified atom stereocenters. The summed E-state index contributed by atoms with van der Waals surface area (Å²) in [5.41, 5.74) is 3.99. The van der Waals surface area contributed by atoms with E-state index in [1.54, 1.807) is 0 Å². The van der Waals surface area contributed by atoms with E-state index < -0.39 is 0 Å². The molecule has 1 saturated heterocycles. The number of hydrogen-bond donors (Lipinski definition) is 0. The molecule has 0 N–H and O–H groups in total. The van der Waals surface area contributed by atoms with Crippen molar-refractivity contribution in [3.63, 3.8) is 0 Å². The highest BCUT2D eigenvalue weighted by molar-refractivity contribution is 5.77. The van der Waals surface area contributed by atoms with Crippen LogP contribution in [0.4, 0.5) is 0 Å². The average Bonchev–Trinajstić information content (AvgIpc) is 2.70. The Bertz CT molecular complexity index is 737. The summed E-state index contributed by atoms with van der Waals surface area (Å²) in [6.45, 7) is 2.40. The standard InChI is InChI=1S/C23H27NO2/c25-23(16-19-9-6-14-26-17-19)24-13-12-20-10-4-5-11-21(20)22(24)15-18-7-2-1-3-8-18/h1-5,7-8,10-11,19,22H,6,9,12-17H2/t19-,22+/m0/s1. The quantitative estimate of drug-likeness (QED) is 0.829. The third-order valence-corrected chi connectivity index (χ3v) is 5.72. The highest BCUT2D eigenvalue weighted by atomic mass is 16.5. The first kappa shape index (κ1) is 17.3. The summed E-state index contributed by atoms with van der Waals surface area (Å²) >= 11 is 0. The minimum Gasteiger partial charge on any atom is -0.381 e. The van der Waals surface area contributed by atoms with Crippen LogP contribution in [0.15, 0.2) is 54.6 Å². The number of carbonyl (C=O) groups excluding carboxylic acids is 1. The molecule has 2 heterocycles.